The lowest BCUT2D eigenvalue weighted by Crippen LogP contribution is -2.41. The van der Waals surface area contributed by atoms with Crippen LogP contribution >= 0.6 is 12.4 Å². The van der Waals surface area contributed by atoms with Crippen LogP contribution in [-0.2, 0) is 4.79 Å². The minimum atomic E-state index is -0.225. The van der Waals surface area contributed by atoms with Crippen molar-refractivity contribution in [1.29, 1.82) is 0 Å². The molecule has 3 atom stereocenters. The summed E-state index contributed by atoms with van der Waals surface area (Å²) < 4.78 is 0. The summed E-state index contributed by atoms with van der Waals surface area (Å²) in [6.07, 6.45) is 3.32. The SMILES string of the molecule is CC(C)CC(C)(C)C(=O)N1CC2CCC(N)C2C1.Cl. The average molecular weight is 289 g/mol. The molecule has 0 spiro atoms. The zero-order valence-electron chi connectivity index (χ0n) is 12.7. The van der Waals surface area contributed by atoms with Crippen LogP contribution in [0.5, 0.6) is 0 Å². The Hall–Kier alpha value is -0.280. The second-order valence-corrected chi connectivity index (χ2v) is 7.36. The maximum absolute atomic E-state index is 12.6. The van der Waals surface area contributed by atoms with E-state index in [1.165, 1.54) is 6.42 Å². The molecule has 3 unspecified atom stereocenters. The number of fused-ring (bicyclic) bond motifs is 1. The van der Waals surface area contributed by atoms with Crippen LogP contribution in [0.2, 0.25) is 0 Å². The van der Waals surface area contributed by atoms with E-state index in [1.54, 1.807) is 0 Å². The Kier molecular flexibility index (Phi) is 5.30. The fraction of sp³-hybridized carbons (Fsp3) is 0.933. The number of hydrogen-bond acceptors (Lipinski definition) is 2. The molecular weight excluding hydrogens is 260 g/mol. The molecule has 1 aliphatic heterocycles. The van der Waals surface area contributed by atoms with Gasteiger partial charge in [-0.25, -0.2) is 0 Å². The lowest BCUT2D eigenvalue weighted by Gasteiger charge is -2.31. The molecule has 1 amide bonds. The summed E-state index contributed by atoms with van der Waals surface area (Å²) in [6, 6.07) is 0.320. The molecular formula is C15H29ClN2O. The van der Waals surface area contributed by atoms with Crippen molar-refractivity contribution in [1.82, 2.24) is 4.90 Å². The van der Waals surface area contributed by atoms with Crippen LogP contribution in [0, 0.1) is 23.2 Å². The van der Waals surface area contributed by atoms with E-state index in [-0.39, 0.29) is 17.8 Å². The van der Waals surface area contributed by atoms with Crippen molar-refractivity contribution in [3.63, 3.8) is 0 Å². The molecule has 1 saturated heterocycles. The van der Waals surface area contributed by atoms with Crippen LogP contribution < -0.4 is 5.73 Å². The van der Waals surface area contributed by atoms with Gasteiger partial charge in [0.05, 0.1) is 0 Å². The molecule has 0 bridgehead atoms. The Morgan fingerprint density at radius 2 is 1.95 bits per heavy atom. The molecule has 3 nitrogen and oxygen atoms in total. The van der Waals surface area contributed by atoms with Gasteiger partial charge in [-0.1, -0.05) is 27.7 Å². The predicted octanol–water partition coefficient (Wildman–Crippen LogP) is 2.68. The van der Waals surface area contributed by atoms with Gasteiger partial charge in [-0.05, 0) is 37.0 Å². The van der Waals surface area contributed by atoms with E-state index < -0.39 is 0 Å². The van der Waals surface area contributed by atoms with E-state index in [0.29, 0.717) is 29.7 Å². The van der Waals surface area contributed by atoms with E-state index in [9.17, 15) is 4.79 Å². The molecule has 112 valence electrons. The standard InChI is InChI=1S/C15H28N2O.ClH/c1-10(2)7-15(3,4)14(18)17-8-11-5-6-13(16)12(11)9-17;/h10-13H,5-9,16H2,1-4H3;1H. The van der Waals surface area contributed by atoms with Crippen LogP contribution in [0.4, 0.5) is 0 Å². The van der Waals surface area contributed by atoms with Crippen LogP contribution in [0.25, 0.3) is 0 Å². The van der Waals surface area contributed by atoms with Gasteiger partial charge in [0.2, 0.25) is 5.91 Å². The third kappa shape index (κ3) is 3.43. The molecule has 2 fully saturated rings. The van der Waals surface area contributed by atoms with Crippen molar-refractivity contribution < 1.29 is 4.79 Å². The van der Waals surface area contributed by atoms with Crippen molar-refractivity contribution in [3.8, 4) is 0 Å². The van der Waals surface area contributed by atoms with E-state index in [0.717, 1.165) is 25.9 Å². The minimum Gasteiger partial charge on any atom is -0.342 e. The highest BCUT2D eigenvalue weighted by Crippen LogP contribution is 2.39. The van der Waals surface area contributed by atoms with Crippen molar-refractivity contribution in [2.75, 3.05) is 13.1 Å². The van der Waals surface area contributed by atoms with Crippen molar-refractivity contribution in [3.05, 3.63) is 0 Å². The Morgan fingerprint density at radius 1 is 1.32 bits per heavy atom. The molecule has 0 aromatic carbocycles. The highest BCUT2D eigenvalue weighted by molar-refractivity contribution is 5.85. The van der Waals surface area contributed by atoms with Gasteiger partial charge in [0.15, 0.2) is 0 Å². The first kappa shape index (κ1) is 16.8. The summed E-state index contributed by atoms with van der Waals surface area (Å²) in [6.45, 7) is 10.4. The molecule has 19 heavy (non-hydrogen) atoms. The fourth-order valence-corrected chi connectivity index (χ4v) is 4.01. The highest BCUT2D eigenvalue weighted by Gasteiger charge is 2.45. The fourth-order valence-electron chi connectivity index (χ4n) is 4.01. The lowest BCUT2D eigenvalue weighted by molar-refractivity contribution is -0.140. The van der Waals surface area contributed by atoms with Gasteiger partial charge in [0.25, 0.3) is 0 Å². The van der Waals surface area contributed by atoms with Crippen LogP contribution in [0.3, 0.4) is 0 Å². The van der Waals surface area contributed by atoms with Crippen LogP contribution in [0.1, 0.15) is 47.0 Å². The molecule has 1 saturated carbocycles. The maximum Gasteiger partial charge on any atom is 0.228 e. The van der Waals surface area contributed by atoms with Crippen molar-refractivity contribution >= 4 is 18.3 Å². The van der Waals surface area contributed by atoms with Crippen LogP contribution in [0.15, 0.2) is 0 Å². The zero-order valence-corrected chi connectivity index (χ0v) is 13.5. The first-order chi connectivity index (χ1) is 8.31. The Morgan fingerprint density at radius 3 is 2.47 bits per heavy atom. The number of nitrogens with zero attached hydrogens (tertiary/aromatic N) is 1. The third-order valence-electron chi connectivity index (χ3n) is 4.70. The van der Waals surface area contributed by atoms with Gasteiger partial charge in [-0.2, -0.15) is 0 Å². The molecule has 1 heterocycles. The number of rotatable bonds is 3. The van der Waals surface area contributed by atoms with Gasteiger partial charge < -0.3 is 10.6 Å². The first-order valence-corrected chi connectivity index (χ1v) is 7.36. The molecule has 2 aliphatic rings. The maximum atomic E-state index is 12.6. The third-order valence-corrected chi connectivity index (χ3v) is 4.70. The molecule has 1 aliphatic carbocycles. The summed E-state index contributed by atoms with van der Waals surface area (Å²) in [5.74, 6) is 2.12. The summed E-state index contributed by atoms with van der Waals surface area (Å²) in [5, 5.41) is 0. The molecule has 0 radical (unpaired) electrons. The van der Waals surface area contributed by atoms with Crippen LogP contribution in [-0.4, -0.2) is 29.9 Å². The number of likely N-dealkylation sites (tertiary alicyclic amines) is 1. The Bertz CT molecular complexity index is 330. The Labute approximate surface area is 123 Å². The summed E-state index contributed by atoms with van der Waals surface area (Å²) in [7, 11) is 0. The van der Waals surface area contributed by atoms with E-state index >= 15 is 0 Å². The minimum absolute atomic E-state index is 0. The Balaban J connectivity index is 0.00000180. The van der Waals surface area contributed by atoms with Gasteiger partial charge in [-0.3, -0.25) is 4.79 Å². The number of amides is 1. The second-order valence-electron chi connectivity index (χ2n) is 7.36. The van der Waals surface area contributed by atoms with E-state index in [2.05, 4.69) is 32.6 Å². The molecule has 0 aromatic heterocycles. The predicted molar refractivity (Wildman–Crippen MR) is 81.3 cm³/mol. The smallest absolute Gasteiger partial charge is 0.228 e. The number of hydrogen-bond donors (Lipinski definition) is 1. The van der Waals surface area contributed by atoms with Gasteiger partial charge in [-0.15, -0.1) is 12.4 Å². The molecule has 2 N–H and O–H groups in total. The number of nitrogens with two attached hydrogens (primary N) is 1. The van der Waals surface area contributed by atoms with E-state index in [4.69, 9.17) is 5.73 Å². The number of halogens is 1. The van der Waals surface area contributed by atoms with Gasteiger partial charge in [0.1, 0.15) is 0 Å². The molecule has 0 aromatic rings. The number of carbonyl (C=O) groups excluding carboxylic acids is 1. The van der Waals surface area contributed by atoms with Crippen molar-refractivity contribution in [2.24, 2.45) is 28.9 Å². The lowest BCUT2D eigenvalue weighted by atomic mass is 9.82. The highest BCUT2D eigenvalue weighted by atomic mass is 35.5. The monoisotopic (exact) mass is 288 g/mol. The second kappa shape index (κ2) is 6.01. The normalized spacial score (nSPS) is 30.4. The number of carbonyl (C=O) groups is 1. The summed E-state index contributed by atoms with van der Waals surface area (Å²) >= 11 is 0. The quantitative estimate of drug-likeness (QED) is 0.868. The molecule has 2 rings (SSSR count). The van der Waals surface area contributed by atoms with Crippen molar-refractivity contribution in [2.45, 2.75) is 53.0 Å². The zero-order chi connectivity index (χ0) is 13.5. The summed E-state index contributed by atoms with van der Waals surface area (Å²) in [4.78, 5) is 14.7. The largest absolute Gasteiger partial charge is 0.342 e. The summed E-state index contributed by atoms with van der Waals surface area (Å²) in [5.41, 5.74) is 5.91. The molecule has 4 heteroatoms. The van der Waals surface area contributed by atoms with E-state index in [1.807, 2.05) is 0 Å². The topological polar surface area (TPSA) is 46.3 Å². The van der Waals surface area contributed by atoms with Gasteiger partial charge >= 0.3 is 0 Å². The first-order valence-electron chi connectivity index (χ1n) is 7.36. The van der Waals surface area contributed by atoms with Gasteiger partial charge in [0, 0.05) is 24.5 Å². The average Bonchev–Trinajstić information content (AvgIpc) is 2.78.